The highest BCUT2D eigenvalue weighted by atomic mass is 35.5. The summed E-state index contributed by atoms with van der Waals surface area (Å²) >= 11 is 8.75. The number of hydrogen-bond donors (Lipinski definition) is 1. The Morgan fingerprint density at radius 1 is 1.15 bits per heavy atom. The molecule has 0 atom stereocenters. The van der Waals surface area contributed by atoms with Crippen molar-refractivity contribution < 1.29 is 13.2 Å². The zero-order valence-corrected chi connectivity index (χ0v) is 20.6. The second-order valence-electron chi connectivity index (χ2n) is 6.92. The molecule has 0 fully saturated rings. The number of fused-ring (bicyclic) bond motifs is 1. The molecule has 2 aromatic heterocycles. The van der Waals surface area contributed by atoms with E-state index in [4.69, 9.17) is 11.6 Å². The molecular weight excluding hydrogens is 502 g/mol. The van der Waals surface area contributed by atoms with Gasteiger partial charge in [-0.2, -0.15) is 0 Å². The van der Waals surface area contributed by atoms with E-state index in [0.29, 0.717) is 16.5 Å². The Kier molecular flexibility index (Phi) is 7.23. The van der Waals surface area contributed by atoms with Crippen molar-refractivity contribution in [2.24, 2.45) is 0 Å². The van der Waals surface area contributed by atoms with Crippen LogP contribution in [0.4, 0.5) is 5.13 Å². The van der Waals surface area contributed by atoms with Crippen LogP contribution in [0.15, 0.2) is 58.2 Å². The van der Waals surface area contributed by atoms with Crippen LogP contribution in [0.2, 0.25) is 5.02 Å². The Hall–Kier alpha value is -2.60. The number of sulfone groups is 1. The summed E-state index contributed by atoms with van der Waals surface area (Å²) in [6, 6.07) is 14.3. The van der Waals surface area contributed by atoms with Crippen molar-refractivity contribution in [3.8, 4) is 0 Å². The smallest absolute Gasteiger partial charge is 0.277 e. The van der Waals surface area contributed by atoms with Gasteiger partial charge in [0, 0.05) is 5.75 Å². The first-order chi connectivity index (χ1) is 15.9. The molecule has 170 valence electrons. The molecule has 4 rings (SSSR count). The lowest BCUT2D eigenvalue weighted by atomic mass is 10.1. The van der Waals surface area contributed by atoms with Gasteiger partial charge in [0.2, 0.25) is 20.1 Å². The van der Waals surface area contributed by atoms with Crippen LogP contribution in [-0.4, -0.2) is 40.2 Å². The number of aromatic nitrogens is 4. The van der Waals surface area contributed by atoms with E-state index in [2.05, 4.69) is 49.7 Å². The van der Waals surface area contributed by atoms with E-state index in [-0.39, 0.29) is 21.6 Å². The molecule has 0 aliphatic carbocycles. The number of carbonyl (C=O) groups excluding carboxylic acids is 1. The number of anilines is 1. The fraction of sp³-hybridized carbons (Fsp3) is 0.190. The minimum Gasteiger partial charge on any atom is -0.295 e. The molecule has 4 aromatic rings. The summed E-state index contributed by atoms with van der Waals surface area (Å²) in [6.45, 7) is 1.73. The number of rotatable bonds is 8. The molecule has 33 heavy (non-hydrogen) atoms. The Balaban J connectivity index is 1.46. The first-order valence-electron chi connectivity index (χ1n) is 9.87. The van der Waals surface area contributed by atoms with Gasteiger partial charge in [-0.15, -0.1) is 10.2 Å². The number of nitrogens with zero attached hydrogens (tertiary/aromatic N) is 4. The molecule has 0 radical (unpaired) electrons. The number of nitrogens with one attached hydrogen (secondary N) is 1. The zero-order valence-electron chi connectivity index (χ0n) is 17.4. The van der Waals surface area contributed by atoms with E-state index in [9.17, 15) is 13.2 Å². The maximum Gasteiger partial charge on any atom is 0.277 e. The molecule has 0 saturated carbocycles. The summed E-state index contributed by atoms with van der Waals surface area (Å²) in [7, 11) is -3.69. The molecule has 1 amide bonds. The number of amides is 1. The first kappa shape index (κ1) is 23.6. The van der Waals surface area contributed by atoms with Gasteiger partial charge in [-0.1, -0.05) is 84.1 Å². The lowest BCUT2D eigenvalue weighted by Crippen LogP contribution is -2.18. The molecule has 0 aliphatic rings. The predicted octanol–water partition coefficient (Wildman–Crippen LogP) is 4.86. The molecule has 0 saturated heterocycles. The Bertz CT molecular complexity index is 1420. The quantitative estimate of drug-likeness (QED) is 0.199. The number of halogens is 1. The van der Waals surface area contributed by atoms with Gasteiger partial charge >= 0.3 is 0 Å². The van der Waals surface area contributed by atoms with Crippen molar-refractivity contribution in [1.82, 2.24) is 20.2 Å². The van der Waals surface area contributed by atoms with Gasteiger partial charge in [-0.25, -0.2) is 18.4 Å². The topological polar surface area (TPSA) is 115 Å². The van der Waals surface area contributed by atoms with Gasteiger partial charge in [0.15, 0.2) is 10.0 Å². The molecule has 0 aliphatic heterocycles. The summed E-state index contributed by atoms with van der Waals surface area (Å²) in [6.07, 6.45) is 1.51. The molecule has 8 nitrogen and oxygen atoms in total. The van der Waals surface area contributed by atoms with E-state index in [1.807, 2.05) is 18.2 Å². The largest absolute Gasteiger partial charge is 0.295 e. The van der Waals surface area contributed by atoms with Crippen LogP contribution in [0.25, 0.3) is 10.8 Å². The molecule has 1 N–H and O–H groups in total. The van der Waals surface area contributed by atoms with Gasteiger partial charge in [0.1, 0.15) is 0 Å². The first-order valence-corrected chi connectivity index (χ1v) is 13.7. The third-order valence-corrected chi connectivity index (χ3v) is 8.54. The summed E-state index contributed by atoms with van der Waals surface area (Å²) in [5.41, 5.74) is 0.939. The van der Waals surface area contributed by atoms with Crippen molar-refractivity contribution in [1.29, 1.82) is 0 Å². The molecule has 0 unspecified atom stereocenters. The predicted molar refractivity (Wildman–Crippen MR) is 131 cm³/mol. The van der Waals surface area contributed by atoms with Crippen molar-refractivity contribution in [3.63, 3.8) is 0 Å². The average Bonchev–Trinajstić information content (AvgIpc) is 3.25. The van der Waals surface area contributed by atoms with Gasteiger partial charge in [0.25, 0.3) is 5.91 Å². The van der Waals surface area contributed by atoms with Gasteiger partial charge < -0.3 is 0 Å². The fourth-order valence-electron chi connectivity index (χ4n) is 3.05. The third kappa shape index (κ3) is 5.49. The zero-order chi connectivity index (χ0) is 23.4. The summed E-state index contributed by atoms with van der Waals surface area (Å²) < 4.78 is 25.1. The highest BCUT2D eigenvalue weighted by Crippen LogP contribution is 2.31. The minimum atomic E-state index is -3.69. The van der Waals surface area contributed by atoms with Crippen LogP contribution >= 0.6 is 34.7 Å². The van der Waals surface area contributed by atoms with E-state index < -0.39 is 20.9 Å². The summed E-state index contributed by atoms with van der Waals surface area (Å²) in [5.74, 6) is -0.110. The SMILES string of the molecule is CCCS(=O)(=O)c1ncc(Cl)c(C(=O)Nc2nnc(SCc3cccc4ccccc34)s2)n1. The van der Waals surface area contributed by atoms with Crippen LogP contribution in [0.1, 0.15) is 29.4 Å². The molecule has 12 heteroatoms. The molecule has 0 spiro atoms. The lowest BCUT2D eigenvalue weighted by Gasteiger charge is -2.06. The van der Waals surface area contributed by atoms with E-state index in [0.717, 1.165) is 6.20 Å². The highest BCUT2D eigenvalue weighted by Gasteiger charge is 2.22. The van der Waals surface area contributed by atoms with Gasteiger partial charge in [-0.05, 0) is 22.8 Å². The molecule has 0 bridgehead atoms. The second-order valence-corrected chi connectivity index (χ2v) is 11.5. The summed E-state index contributed by atoms with van der Waals surface area (Å²) in [5, 5.41) is 12.8. The van der Waals surface area contributed by atoms with Crippen LogP contribution in [-0.2, 0) is 15.6 Å². The Morgan fingerprint density at radius 2 is 1.94 bits per heavy atom. The fourth-order valence-corrected chi connectivity index (χ4v) is 6.14. The number of carbonyl (C=O) groups is 1. The van der Waals surface area contributed by atoms with Gasteiger partial charge in [-0.3, -0.25) is 10.1 Å². The maximum absolute atomic E-state index is 12.7. The number of hydrogen-bond acceptors (Lipinski definition) is 9. The van der Waals surface area contributed by atoms with E-state index in [1.165, 1.54) is 39.4 Å². The van der Waals surface area contributed by atoms with Crippen molar-refractivity contribution in [2.45, 2.75) is 28.6 Å². The summed E-state index contributed by atoms with van der Waals surface area (Å²) in [4.78, 5) is 20.3. The van der Waals surface area contributed by atoms with Crippen molar-refractivity contribution >= 4 is 66.3 Å². The third-order valence-electron chi connectivity index (χ3n) is 4.55. The monoisotopic (exact) mass is 519 g/mol. The standard InChI is InChI=1S/C21H18ClN5O3S3/c1-2-10-33(29,30)20-23-11-16(22)17(24-20)18(28)25-19-26-27-21(32-19)31-12-14-8-5-7-13-6-3-4-9-15(13)14/h3-9,11H,2,10,12H2,1H3,(H,25,26,28). The second kappa shape index (κ2) is 10.1. The van der Waals surface area contributed by atoms with E-state index >= 15 is 0 Å². The normalized spacial score (nSPS) is 11.6. The van der Waals surface area contributed by atoms with Crippen LogP contribution in [0.3, 0.4) is 0 Å². The Morgan fingerprint density at radius 3 is 2.76 bits per heavy atom. The average molecular weight is 520 g/mol. The Labute approximate surface area is 203 Å². The molecule has 2 heterocycles. The van der Waals surface area contributed by atoms with Crippen LogP contribution in [0.5, 0.6) is 0 Å². The highest BCUT2D eigenvalue weighted by molar-refractivity contribution is 8.00. The van der Waals surface area contributed by atoms with Crippen molar-refractivity contribution in [3.05, 3.63) is 64.9 Å². The van der Waals surface area contributed by atoms with Crippen LogP contribution < -0.4 is 5.32 Å². The maximum atomic E-state index is 12.7. The number of thioether (sulfide) groups is 1. The number of benzene rings is 2. The minimum absolute atomic E-state index is 0.0574. The lowest BCUT2D eigenvalue weighted by molar-refractivity contribution is 0.102. The van der Waals surface area contributed by atoms with Crippen LogP contribution in [0, 0.1) is 0 Å². The molecular formula is C21H18ClN5O3S3. The van der Waals surface area contributed by atoms with Gasteiger partial charge in [0.05, 0.1) is 17.0 Å². The molecule has 2 aromatic carbocycles. The van der Waals surface area contributed by atoms with E-state index in [1.54, 1.807) is 6.92 Å². The van der Waals surface area contributed by atoms with Crippen molar-refractivity contribution in [2.75, 3.05) is 11.1 Å².